The molecule has 0 saturated carbocycles. The van der Waals surface area contributed by atoms with Crippen LogP contribution >= 0.6 is 34.5 Å². The molecule has 11 heteroatoms. The van der Waals surface area contributed by atoms with Crippen LogP contribution in [0.4, 0.5) is 5.13 Å². The number of sulfone groups is 1. The molecular weight excluding hydrogens is 531 g/mol. The summed E-state index contributed by atoms with van der Waals surface area (Å²) in [6.45, 7) is 1.19. The Kier molecular flexibility index (Phi) is 8.00. The van der Waals surface area contributed by atoms with Crippen LogP contribution in [0.3, 0.4) is 0 Å². The first kappa shape index (κ1) is 25.9. The molecule has 1 fully saturated rings. The number of benzene rings is 2. The summed E-state index contributed by atoms with van der Waals surface area (Å²) < 4.78 is 42.6. The molecule has 0 N–H and O–H groups in total. The number of methoxy groups -OCH3 is 3. The Balaban J connectivity index is 1.44. The van der Waals surface area contributed by atoms with Crippen molar-refractivity contribution in [3.8, 4) is 17.2 Å². The minimum Gasteiger partial charge on any atom is -0.493 e. The summed E-state index contributed by atoms with van der Waals surface area (Å²) in [4.78, 5) is 7.04. The van der Waals surface area contributed by atoms with E-state index in [9.17, 15) is 8.42 Å². The Morgan fingerprint density at radius 3 is 2.31 bits per heavy atom. The van der Waals surface area contributed by atoms with E-state index in [4.69, 9.17) is 42.4 Å². The Morgan fingerprint density at radius 2 is 1.71 bits per heavy atom. The third-order valence-corrected chi connectivity index (χ3v) is 10.2. The molecule has 0 radical (unpaired) electrons. The molecule has 2 aromatic carbocycles. The van der Waals surface area contributed by atoms with Crippen LogP contribution < -0.4 is 19.1 Å². The number of piperidine rings is 1. The van der Waals surface area contributed by atoms with Crippen molar-refractivity contribution in [1.29, 1.82) is 0 Å². The average molecular weight is 558 g/mol. The predicted molar refractivity (Wildman–Crippen MR) is 140 cm³/mol. The molecule has 35 heavy (non-hydrogen) atoms. The Hall–Kier alpha value is -2.20. The van der Waals surface area contributed by atoms with Gasteiger partial charge in [0.1, 0.15) is 0 Å². The van der Waals surface area contributed by atoms with E-state index in [-0.39, 0.29) is 14.9 Å². The van der Waals surface area contributed by atoms with Crippen LogP contribution in [0.2, 0.25) is 10.0 Å². The molecule has 0 amide bonds. The molecule has 1 aliphatic rings. The van der Waals surface area contributed by atoms with Gasteiger partial charge in [0, 0.05) is 24.9 Å². The molecule has 7 nitrogen and oxygen atoms in total. The van der Waals surface area contributed by atoms with Crippen molar-refractivity contribution in [3.63, 3.8) is 0 Å². The number of thiazole rings is 1. The van der Waals surface area contributed by atoms with Gasteiger partial charge in [-0.05, 0) is 42.7 Å². The van der Waals surface area contributed by atoms with Crippen LogP contribution in [0.5, 0.6) is 17.2 Å². The summed E-state index contributed by atoms with van der Waals surface area (Å²) in [5, 5.41) is 2.73. The molecule has 4 rings (SSSR count). The minimum atomic E-state index is -3.57. The highest BCUT2D eigenvalue weighted by molar-refractivity contribution is 7.92. The fourth-order valence-corrected chi connectivity index (χ4v) is 7.59. The summed E-state index contributed by atoms with van der Waals surface area (Å²) in [7, 11) is 1.18. The zero-order valence-electron chi connectivity index (χ0n) is 19.6. The molecule has 3 aromatic rings. The molecule has 0 atom stereocenters. The first-order valence-corrected chi connectivity index (χ1v) is 14.1. The highest BCUT2D eigenvalue weighted by Gasteiger charge is 2.33. The van der Waals surface area contributed by atoms with Crippen LogP contribution in [0.25, 0.3) is 0 Å². The van der Waals surface area contributed by atoms with Crippen LogP contribution in [-0.2, 0) is 16.3 Å². The second-order valence-electron chi connectivity index (χ2n) is 8.12. The summed E-state index contributed by atoms with van der Waals surface area (Å²) in [6.07, 6.45) is 1.59. The summed E-state index contributed by atoms with van der Waals surface area (Å²) >= 11 is 13.8. The van der Waals surface area contributed by atoms with Gasteiger partial charge in [0.05, 0.1) is 47.2 Å². The fraction of sp³-hybridized carbons (Fsp3) is 0.375. The topological polar surface area (TPSA) is 78.0 Å². The van der Waals surface area contributed by atoms with Gasteiger partial charge < -0.3 is 19.1 Å². The van der Waals surface area contributed by atoms with Gasteiger partial charge >= 0.3 is 0 Å². The minimum absolute atomic E-state index is 0.0907. The molecule has 0 aliphatic carbocycles. The normalized spacial score (nSPS) is 14.7. The quantitative estimate of drug-likeness (QED) is 0.362. The predicted octanol–water partition coefficient (Wildman–Crippen LogP) is 5.51. The first-order chi connectivity index (χ1) is 16.8. The zero-order chi connectivity index (χ0) is 25.2. The molecule has 0 bridgehead atoms. The Morgan fingerprint density at radius 1 is 1.06 bits per heavy atom. The van der Waals surface area contributed by atoms with E-state index < -0.39 is 15.1 Å². The van der Waals surface area contributed by atoms with E-state index in [1.54, 1.807) is 44.8 Å². The van der Waals surface area contributed by atoms with Gasteiger partial charge in [-0.25, -0.2) is 13.4 Å². The molecular formula is C24H26Cl2N2O5S2. The van der Waals surface area contributed by atoms with Crippen LogP contribution in [0, 0.1) is 0 Å². The van der Waals surface area contributed by atoms with Crippen LogP contribution in [0.1, 0.15) is 24.1 Å². The number of anilines is 1. The molecule has 1 aliphatic heterocycles. The number of hydrogen-bond donors (Lipinski definition) is 0. The second-order valence-corrected chi connectivity index (χ2v) is 11.9. The first-order valence-electron chi connectivity index (χ1n) is 10.9. The molecule has 1 aromatic heterocycles. The van der Waals surface area contributed by atoms with E-state index in [1.807, 2.05) is 17.5 Å². The number of aromatic nitrogens is 1. The highest BCUT2D eigenvalue weighted by Crippen LogP contribution is 2.39. The molecule has 1 saturated heterocycles. The smallest absolute Gasteiger partial charge is 0.203 e. The molecule has 0 unspecified atom stereocenters. The monoisotopic (exact) mass is 556 g/mol. The third kappa shape index (κ3) is 5.33. The van der Waals surface area contributed by atoms with E-state index in [1.165, 1.54) is 6.07 Å². The highest BCUT2D eigenvalue weighted by atomic mass is 35.5. The van der Waals surface area contributed by atoms with Crippen LogP contribution in [-0.4, -0.2) is 53.1 Å². The maximum atomic E-state index is 13.2. The number of rotatable bonds is 8. The Bertz CT molecular complexity index is 1280. The largest absolute Gasteiger partial charge is 0.493 e. The van der Waals surface area contributed by atoms with E-state index >= 15 is 0 Å². The maximum Gasteiger partial charge on any atom is 0.203 e. The standard InChI is InChI=1S/C24H26Cl2N2O5S2/c1-31-19-12-15(13-20(32-2)23(19)33-3)11-16-14-34-24(27-16)28-9-7-17(8-10-28)35(29,30)21-6-4-5-18(25)22(21)26/h4-6,12-14,17H,7-11H2,1-3H3. The van der Waals surface area contributed by atoms with E-state index in [0.29, 0.717) is 49.6 Å². The number of nitrogens with zero attached hydrogens (tertiary/aromatic N) is 2. The van der Waals surface area contributed by atoms with Gasteiger partial charge in [-0.3, -0.25) is 0 Å². The lowest BCUT2D eigenvalue weighted by Gasteiger charge is -2.31. The maximum absolute atomic E-state index is 13.2. The van der Waals surface area contributed by atoms with Gasteiger partial charge in [-0.2, -0.15) is 0 Å². The van der Waals surface area contributed by atoms with E-state index in [2.05, 4.69) is 4.90 Å². The molecule has 2 heterocycles. The van der Waals surface area contributed by atoms with Crippen LogP contribution in [0.15, 0.2) is 40.6 Å². The van der Waals surface area contributed by atoms with Crippen molar-refractivity contribution >= 4 is 49.5 Å². The lowest BCUT2D eigenvalue weighted by atomic mass is 10.1. The zero-order valence-corrected chi connectivity index (χ0v) is 22.7. The van der Waals surface area contributed by atoms with Crippen molar-refractivity contribution in [3.05, 3.63) is 57.0 Å². The average Bonchev–Trinajstić information content (AvgIpc) is 3.33. The number of ether oxygens (including phenoxy) is 3. The summed E-state index contributed by atoms with van der Waals surface area (Å²) in [6, 6.07) is 8.55. The van der Waals surface area contributed by atoms with Crippen molar-refractivity contribution in [2.75, 3.05) is 39.3 Å². The van der Waals surface area contributed by atoms with Gasteiger partial charge in [0.2, 0.25) is 5.75 Å². The lowest BCUT2D eigenvalue weighted by molar-refractivity contribution is 0.324. The van der Waals surface area contributed by atoms with Crippen molar-refractivity contribution in [1.82, 2.24) is 4.98 Å². The lowest BCUT2D eigenvalue weighted by Crippen LogP contribution is -2.39. The van der Waals surface area contributed by atoms with E-state index in [0.717, 1.165) is 16.4 Å². The number of hydrogen-bond acceptors (Lipinski definition) is 8. The van der Waals surface area contributed by atoms with Gasteiger partial charge in [-0.1, -0.05) is 29.3 Å². The fourth-order valence-electron chi connectivity index (χ4n) is 4.21. The second kappa shape index (κ2) is 10.8. The Labute approximate surface area is 219 Å². The molecule has 188 valence electrons. The number of halogens is 2. The van der Waals surface area contributed by atoms with Crippen molar-refractivity contribution in [2.45, 2.75) is 29.4 Å². The summed E-state index contributed by atoms with van der Waals surface area (Å²) in [5.41, 5.74) is 1.90. The van der Waals surface area contributed by atoms with Gasteiger partial charge in [0.25, 0.3) is 0 Å². The summed E-state index contributed by atoms with van der Waals surface area (Å²) in [5.74, 6) is 1.75. The van der Waals surface area contributed by atoms with Crippen molar-refractivity contribution < 1.29 is 22.6 Å². The third-order valence-electron chi connectivity index (χ3n) is 6.02. The van der Waals surface area contributed by atoms with Crippen molar-refractivity contribution in [2.24, 2.45) is 0 Å². The van der Waals surface area contributed by atoms with Gasteiger partial charge in [-0.15, -0.1) is 11.3 Å². The SMILES string of the molecule is COc1cc(Cc2csc(N3CCC(S(=O)(=O)c4cccc(Cl)c4Cl)CC3)n2)cc(OC)c1OC. The van der Waals surface area contributed by atoms with Gasteiger partial charge in [0.15, 0.2) is 26.5 Å². The molecule has 0 spiro atoms.